The molecule has 1 aliphatic rings. The third-order valence-corrected chi connectivity index (χ3v) is 6.77. The Morgan fingerprint density at radius 1 is 1.06 bits per heavy atom. The van der Waals surface area contributed by atoms with Crippen molar-refractivity contribution in [2.24, 2.45) is 0 Å². The molecule has 4 aromatic rings. The van der Waals surface area contributed by atoms with Gasteiger partial charge in [-0.15, -0.1) is 0 Å². The van der Waals surface area contributed by atoms with Crippen molar-refractivity contribution in [3.8, 4) is 0 Å². The van der Waals surface area contributed by atoms with Crippen molar-refractivity contribution in [2.75, 3.05) is 18.5 Å². The Balaban J connectivity index is 1.42. The molecule has 172 valence electrons. The molecule has 1 aromatic heterocycles. The molecule has 1 fully saturated rings. The van der Waals surface area contributed by atoms with Crippen molar-refractivity contribution in [2.45, 2.75) is 25.4 Å². The normalized spacial score (nSPS) is 15.8. The molecule has 2 heterocycles. The van der Waals surface area contributed by atoms with E-state index in [1.807, 2.05) is 95.4 Å². The Morgan fingerprint density at radius 2 is 1.82 bits per heavy atom. The third-order valence-electron chi connectivity index (χ3n) is 6.28. The van der Waals surface area contributed by atoms with E-state index in [0.29, 0.717) is 19.5 Å². The van der Waals surface area contributed by atoms with Gasteiger partial charge in [0.2, 0.25) is 11.8 Å². The first-order valence-electron chi connectivity index (χ1n) is 11.3. The number of benzene rings is 3. The predicted octanol–water partition coefficient (Wildman–Crippen LogP) is 4.98. The van der Waals surface area contributed by atoms with Crippen molar-refractivity contribution in [3.63, 3.8) is 0 Å². The lowest BCUT2D eigenvalue weighted by atomic mass is 10.1. The minimum absolute atomic E-state index is 0.00132. The van der Waals surface area contributed by atoms with Crippen molar-refractivity contribution >= 4 is 44.5 Å². The molecule has 34 heavy (non-hydrogen) atoms. The molecule has 3 aromatic carbocycles. The molecule has 6 nitrogen and oxygen atoms in total. The molecule has 0 bridgehead atoms. The van der Waals surface area contributed by atoms with Crippen LogP contribution in [0.25, 0.3) is 11.0 Å². The summed E-state index contributed by atoms with van der Waals surface area (Å²) in [6, 6.07) is 25.6. The fraction of sp³-hybridized carbons (Fsp3) is 0.222. The summed E-state index contributed by atoms with van der Waals surface area (Å²) in [6.07, 6.45) is 0.365. The van der Waals surface area contributed by atoms with Gasteiger partial charge in [0.15, 0.2) is 0 Å². The Hall–Kier alpha value is -3.45. The number of nitrogens with zero attached hydrogens (tertiary/aromatic N) is 4. The van der Waals surface area contributed by atoms with Gasteiger partial charge in [-0.05, 0) is 35.9 Å². The van der Waals surface area contributed by atoms with Crippen LogP contribution >= 0.6 is 15.9 Å². The summed E-state index contributed by atoms with van der Waals surface area (Å²) in [7, 11) is 1.82. The van der Waals surface area contributed by atoms with Gasteiger partial charge in [-0.2, -0.15) is 0 Å². The molecule has 1 atom stereocenters. The summed E-state index contributed by atoms with van der Waals surface area (Å²) < 4.78 is 2.92. The lowest BCUT2D eigenvalue weighted by Crippen LogP contribution is -2.30. The van der Waals surface area contributed by atoms with Crippen LogP contribution in [0.4, 0.5) is 5.69 Å². The quantitative estimate of drug-likeness (QED) is 0.363. The van der Waals surface area contributed by atoms with Crippen LogP contribution in [0.2, 0.25) is 0 Å². The van der Waals surface area contributed by atoms with Gasteiger partial charge in [0.1, 0.15) is 12.4 Å². The number of carbonyl (C=O) groups is 2. The van der Waals surface area contributed by atoms with Gasteiger partial charge in [0.25, 0.3) is 0 Å². The Kier molecular flexibility index (Phi) is 6.20. The second-order valence-electron chi connectivity index (χ2n) is 8.67. The van der Waals surface area contributed by atoms with Crippen LogP contribution in [-0.4, -0.2) is 39.9 Å². The largest absolute Gasteiger partial charge is 0.340 e. The van der Waals surface area contributed by atoms with Crippen molar-refractivity contribution < 1.29 is 9.59 Å². The fourth-order valence-electron chi connectivity index (χ4n) is 4.55. The zero-order valence-corrected chi connectivity index (χ0v) is 20.5. The molecule has 0 saturated carbocycles. The summed E-state index contributed by atoms with van der Waals surface area (Å²) in [6.45, 7) is 1.26. The molecular weight excluding hydrogens is 492 g/mol. The van der Waals surface area contributed by atoms with Crippen LogP contribution in [0.5, 0.6) is 0 Å². The predicted molar refractivity (Wildman–Crippen MR) is 137 cm³/mol. The maximum absolute atomic E-state index is 13.2. The van der Waals surface area contributed by atoms with Crippen molar-refractivity contribution in [1.29, 1.82) is 0 Å². The number of anilines is 1. The highest BCUT2D eigenvalue weighted by Crippen LogP contribution is 2.34. The number of hydrogen-bond donors (Lipinski definition) is 0. The summed E-state index contributed by atoms with van der Waals surface area (Å²) in [4.78, 5) is 34.6. The van der Waals surface area contributed by atoms with Crippen molar-refractivity contribution in [1.82, 2.24) is 14.5 Å². The average molecular weight is 517 g/mol. The van der Waals surface area contributed by atoms with Gasteiger partial charge >= 0.3 is 0 Å². The number of hydrogen-bond acceptors (Lipinski definition) is 3. The maximum atomic E-state index is 13.2. The van der Waals surface area contributed by atoms with E-state index in [9.17, 15) is 9.59 Å². The SMILES string of the molecule is CN(Cc1ccccc1)C(=O)Cn1c(C2CC(=O)N(c3cccc(Br)c3)C2)nc2ccccc21. The lowest BCUT2D eigenvalue weighted by molar-refractivity contribution is -0.131. The molecule has 1 aliphatic heterocycles. The minimum Gasteiger partial charge on any atom is -0.340 e. The number of amides is 2. The zero-order chi connectivity index (χ0) is 23.7. The number of aromatic nitrogens is 2. The average Bonchev–Trinajstić information content (AvgIpc) is 3.40. The monoisotopic (exact) mass is 516 g/mol. The van der Waals surface area contributed by atoms with E-state index in [-0.39, 0.29) is 24.3 Å². The molecule has 1 saturated heterocycles. The fourth-order valence-corrected chi connectivity index (χ4v) is 4.93. The van der Waals surface area contributed by atoms with Gasteiger partial charge in [0, 0.05) is 42.6 Å². The number of halogens is 1. The van der Waals surface area contributed by atoms with E-state index in [1.54, 1.807) is 4.90 Å². The topological polar surface area (TPSA) is 58.4 Å². The number of imidazole rings is 1. The van der Waals surface area contributed by atoms with Gasteiger partial charge in [-0.1, -0.05) is 64.5 Å². The summed E-state index contributed by atoms with van der Waals surface area (Å²) in [5.41, 5.74) is 3.69. The van der Waals surface area contributed by atoms with E-state index < -0.39 is 0 Å². The summed E-state index contributed by atoms with van der Waals surface area (Å²) >= 11 is 3.49. The molecule has 0 radical (unpaired) electrons. The first kappa shape index (κ1) is 22.3. The second-order valence-corrected chi connectivity index (χ2v) is 9.58. The maximum Gasteiger partial charge on any atom is 0.242 e. The smallest absolute Gasteiger partial charge is 0.242 e. The number of carbonyl (C=O) groups excluding carboxylic acids is 2. The lowest BCUT2D eigenvalue weighted by Gasteiger charge is -2.20. The van der Waals surface area contributed by atoms with Crippen LogP contribution in [-0.2, 0) is 22.7 Å². The van der Waals surface area contributed by atoms with Gasteiger partial charge in [-0.3, -0.25) is 9.59 Å². The minimum atomic E-state index is -0.0916. The van der Waals surface area contributed by atoms with E-state index in [1.165, 1.54) is 0 Å². The first-order chi connectivity index (χ1) is 16.5. The van der Waals surface area contributed by atoms with Crippen LogP contribution in [0.3, 0.4) is 0 Å². The zero-order valence-electron chi connectivity index (χ0n) is 18.9. The molecule has 0 N–H and O–H groups in total. The standard InChI is InChI=1S/C27H25BrN4O2/c1-30(16-19-8-3-2-4-9-19)26(34)18-32-24-13-6-5-12-23(24)29-27(32)20-14-25(33)31(17-20)22-11-7-10-21(28)15-22/h2-13,15,20H,14,16-18H2,1H3. The molecule has 7 heteroatoms. The summed E-state index contributed by atoms with van der Waals surface area (Å²) in [5, 5.41) is 0. The second kappa shape index (κ2) is 9.43. The van der Waals surface area contributed by atoms with Crippen LogP contribution < -0.4 is 4.90 Å². The molecule has 0 aliphatic carbocycles. The number of para-hydroxylation sites is 2. The molecule has 2 amide bonds. The van der Waals surface area contributed by atoms with E-state index in [4.69, 9.17) is 4.98 Å². The third kappa shape index (κ3) is 4.48. The highest BCUT2D eigenvalue weighted by Gasteiger charge is 2.35. The molecule has 5 rings (SSSR count). The highest BCUT2D eigenvalue weighted by molar-refractivity contribution is 9.10. The first-order valence-corrected chi connectivity index (χ1v) is 12.1. The van der Waals surface area contributed by atoms with Crippen LogP contribution in [0.1, 0.15) is 23.7 Å². The number of fused-ring (bicyclic) bond motifs is 1. The Morgan fingerprint density at radius 3 is 2.62 bits per heavy atom. The van der Waals surface area contributed by atoms with E-state index in [2.05, 4.69) is 15.9 Å². The van der Waals surface area contributed by atoms with Crippen LogP contribution in [0.15, 0.2) is 83.3 Å². The van der Waals surface area contributed by atoms with Gasteiger partial charge in [-0.25, -0.2) is 4.98 Å². The molecular formula is C27H25BrN4O2. The van der Waals surface area contributed by atoms with E-state index in [0.717, 1.165) is 32.6 Å². The van der Waals surface area contributed by atoms with Gasteiger partial charge in [0.05, 0.1) is 11.0 Å². The van der Waals surface area contributed by atoms with Crippen molar-refractivity contribution in [3.05, 3.63) is 94.7 Å². The Bertz CT molecular complexity index is 1350. The number of likely N-dealkylation sites (N-methyl/N-ethyl adjacent to an activating group) is 1. The van der Waals surface area contributed by atoms with Gasteiger partial charge < -0.3 is 14.4 Å². The molecule has 0 spiro atoms. The number of rotatable bonds is 6. The van der Waals surface area contributed by atoms with E-state index >= 15 is 0 Å². The highest BCUT2D eigenvalue weighted by atomic mass is 79.9. The summed E-state index contributed by atoms with van der Waals surface area (Å²) in [5.74, 6) is 0.760. The molecule has 1 unspecified atom stereocenters. The Labute approximate surface area is 206 Å². The van der Waals surface area contributed by atoms with Crippen LogP contribution in [0, 0.1) is 0 Å².